The maximum Gasteiger partial charge on any atom is 0.234 e. The number of piperidine rings is 1. The normalized spacial score (nSPS) is 17.8. The SMILES string of the molecule is COCNC(=O)[C@@H]1[C@H]2CCC(C[C@H]1c1ccc(F)cc1)N2CCCN(CCSC(c1ccccc1)(c1ccccc1)c1ccccc1)CC(=O)NCCSC(c1ccccc1)(c1ccccc1)c1ccccc1. The van der Waals surface area contributed by atoms with Gasteiger partial charge in [-0.15, -0.1) is 23.5 Å². The molecule has 7 aromatic rings. The summed E-state index contributed by atoms with van der Waals surface area (Å²) in [5.74, 6) is 0.872. The zero-order valence-corrected chi connectivity index (χ0v) is 43.4. The number of carbonyl (C=O) groups excluding carboxylic acids is 2. The lowest BCUT2D eigenvalue weighted by molar-refractivity contribution is -0.131. The van der Waals surface area contributed by atoms with Crippen molar-refractivity contribution < 1.29 is 18.7 Å². The van der Waals surface area contributed by atoms with E-state index in [-0.39, 0.29) is 48.8 Å². The van der Waals surface area contributed by atoms with Gasteiger partial charge in [-0.3, -0.25) is 19.4 Å². The molecule has 1 unspecified atom stereocenters. The third-order valence-electron chi connectivity index (χ3n) is 14.9. The fourth-order valence-corrected chi connectivity index (χ4v) is 14.6. The molecule has 0 spiro atoms. The van der Waals surface area contributed by atoms with Crippen molar-refractivity contribution >= 4 is 35.3 Å². The molecule has 73 heavy (non-hydrogen) atoms. The van der Waals surface area contributed by atoms with E-state index in [9.17, 15) is 14.0 Å². The van der Waals surface area contributed by atoms with Crippen molar-refractivity contribution in [2.75, 3.05) is 58.1 Å². The topological polar surface area (TPSA) is 73.9 Å². The van der Waals surface area contributed by atoms with Crippen molar-refractivity contribution in [3.05, 3.63) is 251 Å². The third-order valence-corrected chi connectivity index (χ3v) is 17.9. The van der Waals surface area contributed by atoms with E-state index in [1.54, 1.807) is 7.11 Å². The van der Waals surface area contributed by atoms with Crippen LogP contribution in [-0.2, 0) is 23.8 Å². The van der Waals surface area contributed by atoms with E-state index in [0.29, 0.717) is 24.9 Å². The summed E-state index contributed by atoms with van der Waals surface area (Å²) >= 11 is 3.77. The van der Waals surface area contributed by atoms with Gasteiger partial charge in [0.05, 0.1) is 22.0 Å². The van der Waals surface area contributed by atoms with Crippen LogP contribution in [0.4, 0.5) is 4.39 Å². The maximum atomic E-state index is 14.3. The van der Waals surface area contributed by atoms with E-state index in [0.717, 1.165) is 50.1 Å². The average Bonchev–Trinajstić information content (AvgIpc) is 3.72. The Hall–Kier alpha value is -6.01. The summed E-state index contributed by atoms with van der Waals surface area (Å²) in [6.07, 6.45) is 3.60. The monoisotopic (exact) mass is 1010 g/mol. The minimum absolute atomic E-state index is 0.00540. The van der Waals surface area contributed by atoms with Crippen molar-refractivity contribution in [1.82, 2.24) is 20.4 Å². The standard InChI is InChI=1S/C63H67FN4O3S2/c1-71-47-66-61(70)60-57(48-33-35-55(64)36-34-48)45-56-37-38-58(60)68(56)41-20-40-67(42-44-73-63(52-27-14-5-15-28-52,53-29-16-6-17-30-53)54-31-18-7-19-32-54)46-59(69)65-39-43-72-62(49-21-8-2-9-22-49,50-23-10-3-11-24-50)51-25-12-4-13-26-51/h2-19,21-36,56-58,60H,20,37-47H2,1H3,(H,65,69)(H,66,70)/t56?,57-,58+,60-/m0/s1. The number of thioether (sulfide) groups is 2. The van der Waals surface area contributed by atoms with Crippen LogP contribution < -0.4 is 10.6 Å². The molecule has 2 N–H and O–H groups in total. The predicted octanol–water partition coefficient (Wildman–Crippen LogP) is 11.7. The van der Waals surface area contributed by atoms with Gasteiger partial charge >= 0.3 is 0 Å². The second kappa shape index (κ2) is 25.3. The van der Waals surface area contributed by atoms with E-state index in [1.165, 1.54) is 45.5 Å². The van der Waals surface area contributed by atoms with Crippen molar-refractivity contribution in [3.63, 3.8) is 0 Å². The number of hydrogen-bond donors (Lipinski definition) is 2. The van der Waals surface area contributed by atoms with E-state index in [4.69, 9.17) is 4.74 Å². The fraction of sp³-hybridized carbons (Fsp3) is 0.302. The first-order chi connectivity index (χ1) is 35.9. The Morgan fingerprint density at radius 3 is 1.51 bits per heavy atom. The van der Waals surface area contributed by atoms with Gasteiger partial charge < -0.3 is 15.4 Å². The van der Waals surface area contributed by atoms with E-state index in [2.05, 4.69) is 202 Å². The lowest BCUT2D eigenvalue weighted by Gasteiger charge is -2.44. The zero-order chi connectivity index (χ0) is 50.3. The average molecular weight is 1010 g/mol. The molecule has 2 aliphatic heterocycles. The van der Waals surface area contributed by atoms with Gasteiger partial charge in [-0.2, -0.15) is 0 Å². The van der Waals surface area contributed by atoms with Crippen molar-refractivity contribution in [2.24, 2.45) is 5.92 Å². The molecule has 9 rings (SSSR count). The Morgan fingerprint density at radius 2 is 1.05 bits per heavy atom. The maximum absolute atomic E-state index is 14.3. The van der Waals surface area contributed by atoms with Gasteiger partial charge in [0.2, 0.25) is 11.8 Å². The van der Waals surface area contributed by atoms with Crippen LogP contribution in [0, 0.1) is 11.7 Å². The summed E-state index contributed by atoms with van der Waals surface area (Å²) in [4.78, 5) is 33.2. The molecule has 2 saturated heterocycles. The number of nitrogens with zero attached hydrogens (tertiary/aromatic N) is 2. The minimum Gasteiger partial charge on any atom is -0.364 e. The fourth-order valence-electron chi connectivity index (χ4n) is 11.6. The highest BCUT2D eigenvalue weighted by Gasteiger charge is 2.50. The molecule has 0 aliphatic carbocycles. The van der Waals surface area contributed by atoms with Gasteiger partial charge in [-0.25, -0.2) is 4.39 Å². The molecule has 0 radical (unpaired) electrons. The number of halogens is 1. The van der Waals surface area contributed by atoms with Crippen LogP contribution in [-0.4, -0.2) is 91.8 Å². The molecule has 7 aromatic carbocycles. The summed E-state index contributed by atoms with van der Waals surface area (Å²) in [5.41, 5.74) is 8.22. The molecule has 2 heterocycles. The van der Waals surface area contributed by atoms with Crippen molar-refractivity contribution in [1.29, 1.82) is 0 Å². The quantitative estimate of drug-likeness (QED) is 0.0355. The van der Waals surface area contributed by atoms with Crippen LogP contribution in [0.5, 0.6) is 0 Å². The molecule has 2 amide bonds. The summed E-state index contributed by atoms with van der Waals surface area (Å²) in [6.45, 7) is 3.14. The van der Waals surface area contributed by atoms with Gasteiger partial charge in [0, 0.05) is 43.8 Å². The number of ether oxygens (including phenoxy) is 1. The summed E-state index contributed by atoms with van der Waals surface area (Å²) in [7, 11) is 1.58. The van der Waals surface area contributed by atoms with Gasteiger partial charge in [-0.05, 0) is 95.8 Å². The first-order valence-electron chi connectivity index (χ1n) is 25.8. The van der Waals surface area contributed by atoms with Crippen molar-refractivity contribution in [2.45, 2.75) is 53.2 Å². The van der Waals surface area contributed by atoms with Crippen LogP contribution in [0.3, 0.4) is 0 Å². The van der Waals surface area contributed by atoms with Crippen LogP contribution >= 0.6 is 23.5 Å². The van der Waals surface area contributed by atoms with Crippen molar-refractivity contribution in [3.8, 4) is 0 Å². The molecule has 0 saturated carbocycles. The van der Waals surface area contributed by atoms with E-state index >= 15 is 0 Å². The number of hydrogen-bond acceptors (Lipinski definition) is 7. The Kier molecular flexibility index (Phi) is 18.0. The Labute approximate surface area is 440 Å². The summed E-state index contributed by atoms with van der Waals surface area (Å²) in [5, 5.41) is 6.37. The zero-order valence-electron chi connectivity index (χ0n) is 41.7. The van der Waals surface area contributed by atoms with Gasteiger partial charge in [0.1, 0.15) is 12.5 Å². The molecule has 2 fully saturated rings. The number of nitrogens with one attached hydrogen (secondary N) is 2. The first kappa shape index (κ1) is 51.9. The van der Waals surface area contributed by atoms with Gasteiger partial charge in [0.15, 0.2) is 0 Å². The number of methoxy groups -OCH3 is 1. The molecule has 7 nitrogen and oxygen atoms in total. The lowest BCUT2D eigenvalue weighted by atomic mass is 9.75. The molecule has 4 atom stereocenters. The summed E-state index contributed by atoms with van der Waals surface area (Å²) in [6, 6.07) is 71.5. The predicted molar refractivity (Wildman–Crippen MR) is 298 cm³/mol. The molecule has 2 aliphatic rings. The number of rotatable bonds is 24. The molecular formula is C63H67FN4O3S2. The lowest BCUT2D eigenvalue weighted by Crippen LogP contribution is -2.53. The number of amides is 2. The van der Waals surface area contributed by atoms with Crippen LogP contribution in [0.1, 0.15) is 70.5 Å². The number of carbonyl (C=O) groups is 2. The smallest absolute Gasteiger partial charge is 0.234 e. The third kappa shape index (κ3) is 12.0. The van der Waals surface area contributed by atoms with Crippen LogP contribution in [0.15, 0.2) is 206 Å². The summed E-state index contributed by atoms with van der Waals surface area (Å²) < 4.78 is 18.4. The number of fused-ring (bicyclic) bond motifs is 2. The second-order valence-electron chi connectivity index (χ2n) is 19.2. The van der Waals surface area contributed by atoms with Gasteiger partial charge in [0.25, 0.3) is 0 Å². The highest BCUT2D eigenvalue weighted by atomic mass is 32.2. The number of benzene rings is 7. The Bertz CT molecular complexity index is 2590. The Balaban J connectivity index is 0.937. The van der Waals surface area contributed by atoms with Crippen LogP contribution in [0.25, 0.3) is 0 Å². The molecular weight excluding hydrogens is 944 g/mol. The minimum atomic E-state index is -0.482. The first-order valence-corrected chi connectivity index (χ1v) is 27.8. The highest BCUT2D eigenvalue weighted by Crippen LogP contribution is 2.50. The van der Waals surface area contributed by atoms with E-state index in [1.807, 2.05) is 35.7 Å². The van der Waals surface area contributed by atoms with Crippen LogP contribution in [0.2, 0.25) is 0 Å². The second-order valence-corrected chi connectivity index (χ2v) is 21.8. The largest absolute Gasteiger partial charge is 0.364 e. The molecule has 376 valence electrons. The highest BCUT2D eigenvalue weighted by molar-refractivity contribution is 8.00. The van der Waals surface area contributed by atoms with Gasteiger partial charge in [-0.1, -0.05) is 194 Å². The molecule has 0 aromatic heterocycles. The molecule has 2 bridgehead atoms. The van der Waals surface area contributed by atoms with E-state index < -0.39 is 9.49 Å². The molecule has 10 heteroatoms. The Morgan fingerprint density at radius 1 is 0.603 bits per heavy atom.